The van der Waals surface area contributed by atoms with Gasteiger partial charge in [-0.15, -0.1) is 0 Å². The molecule has 2 fully saturated rings. The Kier molecular flexibility index (Phi) is 6.58. The Morgan fingerprint density at radius 3 is 2.66 bits per heavy atom. The van der Waals surface area contributed by atoms with Gasteiger partial charge in [0.25, 0.3) is 5.89 Å². The molecule has 1 saturated carbocycles. The van der Waals surface area contributed by atoms with E-state index in [2.05, 4.69) is 21.1 Å². The number of halogens is 2. The van der Waals surface area contributed by atoms with E-state index in [0.29, 0.717) is 36.4 Å². The molecule has 2 heterocycles. The van der Waals surface area contributed by atoms with E-state index in [0.717, 1.165) is 42.4 Å². The van der Waals surface area contributed by atoms with Gasteiger partial charge in [-0.25, -0.2) is 9.18 Å². The number of hydrogen-bond donors (Lipinski definition) is 1. The third-order valence-corrected chi connectivity index (χ3v) is 7.07. The Balaban J connectivity index is 1.25. The van der Waals surface area contributed by atoms with Gasteiger partial charge in [-0.05, 0) is 36.1 Å². The first-order valence-electron chi connectivity index (χ1n) is 11.6. The second kappa shape index (κ2) is 9.79. The first kappa shape index (κ1) is 23.5. The molecule has 2 aromatic carbocycles. The van der Waals surface area contributed by atoms with E-state index < -0.39 is 6.16 Å². The molecule has 9 heteroatoms. The topological polar surface area (TPSA) is 88.7 Å². The van der Waals surface area contributed by atoms with E-state index in [9.17, 15) is 9.18 Å². The lowest BCUT2D eigenvalue weighted by Gasteiger charge is -2.37. The van der Waals surface area contributed by atoms with Crippen molar-refractivity contribution in [2.45, 2.75) is 43.7 Å². The number of nitrogens with zero attached hydrogens (tertiary/aromatic N) is 3. The Hall–Kier alpha value is -3.23. The number of benzene rings is 2. The lowest BCUT2D eigenvalue weighted by Crippen LogP contribution is -2.52. The lowest BCUT2D eigenvalue weighted by molar-refractivity contribution is -0.0363. The van der Waals surface area contributed by atoms with Crippen molar-refractivity contribution < 1.29 is 23.6 Å². The molecule has 5 rings (SSSR count). The normalized spacial score (nSPS) is 18.1. The summed E-state index contributed by atoms with van der Waals surface area (Å²) in [6.45, 7) is 1.91. The van der Waals surface area contributed by atoms with Crippen LogP contribution in [-0.2, 0) is 16.7 Å². The number of allylic oxidation sites excluding steroid dienone is 1. The molecule has 0 atom stereocenters. The highest BCUT2D eigenvalue weighted by Crippen LogP contribution is 2.45. The van der Waals surface area contributed by atoms with Crippen LogP contribution in [0.15, 0.2) is 53.1 Å². The Labute approximate surface area is 207 Å². The SMILES string of the molecule is O=C(O)OC1CN(Cc2ccc(-c3noc(/C=C/C4(c5ccc(F)cc5Cl)CCCC4)n3)cc2)C1. The molecule has 0 amide bonds. The molecule has 7 nitrogen and oxygen atoms in total. The number of rotatable bonds is 7. The van der Waals surface area contributed by atoms with Crippen LogP contribution >= 0.6 is 11.6 Å². The summed E-state index contributed by atoms with van der Waals surface area (Å²) in [6.07, 6.45) is 6.41. The molecule has 1 aliphatic heterocycles. The van der Waals surface area contributed by atoms with Crippen molar-refractivity contribution in [1.29, 1.82) is 0 Å². The van der Waals surface area contributed by atoms with Gasteiger partial charge in [-0.2, -0.15) is 4.98 Å². The maximum absolute atomic E-state index is 13.6. The molecule has 2 aliphatic rings. The smallest absolute Gasteiger partial charge is 0.450 e. The van der Waals surface area contributed by atoms with Crippen LogP contribution in [0.5, 0.6) is 0 Å². The van der Waals surface area contributed by atoms with Crippen LogP contribution in [0.3, 0.4) is 0 Å². The van der Waals surface area contributed by atoms with Crippen molar-refractivity contribution in [3.8, 4) is 11.4 Å². The maximum atomic E-state index is 13.6. The largest absolute Gasteiger partial charge is 0.506 e. The Bertz CT molecular complexity index is 1230. The standard InChI is InChI=1S/C26H25ClFN3O4/c27-22-13-19(28)7-8-21(22)26(10-1-2-11-26)12-9-23-29-24(30-35-23)18-5-3-17(4-6-18)14-31-15-20(16-31)34-25(32)33/h3-9,12-13,20H,1-2,10-11,14-16H2,(H,32,33)/b12-9+. The van der Waals surface area contributed by atoms with Crippen LogP contribution in [0.2, 0.25) is 5.02 Å². The number of carbonyl (C=O) groups is 1. The third kappa shape index (κ3) is 5.23. The van der Waals surface area contributed by atoms with Crippen LogP contribution in [0.4, 0.5) is 9.18 Å². The average Bonchev–Trinajstić information content (AvgIpc) is 3.47. The molecule has 0 unspecified atom stereocenters. The van der Waals surface area contributed by atoms with Crippen molar-refractivity contribution in [1.82, 2.24) is 15.0 Å². The molecule has 182 valence electrons. The van der Waals surface area contributed by atoms with Gasteiger partial charge in [0, 0.05) is 41.7 Å². The molecule has 1 aromatic heterocycles. The molecule has 0 spiro atoms. The molecule has 1 N–H and O–H groups in total. The highest BCUT2D eigenvalue weighted by atomic mass is 35.5. The minimum Gasteiger partial charge on any atom is -0.450 e. The van der Waals surface area contributed by atoms with Gasteiger partial charge in [0.1, 0.15) is 11.9 Å². The summed E-state index contributed by atoms with van der Waals surface area (Å²) in [5.41, 5.74) is 2.59. The molecule has 1 aliphatic carbocycles. The number of carboxylic acid groups (broad SMARTS) is 1. The molecular formula is C26H25ClFN3O4. The lowest BCUT2D eigenvalue weighted by atomic mass is 9.78. The van der Waals surface area contributed by atoms with Crippen molar-refractivity contribution >= 4 is 23.8 Å². The summed E-state index contributed by atoms with van der Waals surface area (Å²) in [5, 5.41) is 13.2. The van der Waals surface area contributed by atoms with E-state index in [4.69, 9.17) is 26.0 Å². The average molecular weight is 498 g/mol. The van der Waals surface area contributed by atoms with E-state index in [1.165, 1.54) is 12.1 Å². The first-order chi connectivity index (χ1) is 16.9. The monoisotopic (exact) mass is 497 g/mol. The quantitative estimate of drug-likeness (QED) is 0.404. The van der Waals surface area contributed by atoms with Crippen molar-refractivity contribution in [2.75, 3.05) is 13.1 Å². The fourth-order valence-corrected chi connectivity index (χ4v) is 5.32. The van der Waals surface area contributed by atoms with Gasteiger partial charge in [0.05, 0.1) is 0 Å². The second-order valence-corrected chi connectivity index (χ2v) is 9.58. The summed E-state index contributed by atoms with van der Waals surface area (Å²) < 4.78 is 23.8. The third-order valence-electron chi connectivity index (χ3n) is 6.76. The van der Waals surface area contributed by atoms with Crippen LogP contribution < -0.4 is 0 Å². The number of aromatic nitrogens is 2. The zero-order valence-electron chi connectivity index (χ0n) is 19.0. The van der Waals surface area contributed by atoms with Gasteiger partial charge in [0.2, 0.25) is 5.82 Å². The molecule has 1 saturated heterocycles. The number of hydrogen-bond acceptors (Lipinski definition) is 6. The van der Waals surface area contributed by atoms with E-state index >= 15 is 0 Å². The maximum Gasteiger partial charge on any atom is 0.506 e. The van der Waals surface area contributed by atoms with E-state index in [1.54, 1.807) is 6.07 Å². The van der Waals surface area contributed by atoms with Gasteiger partial charge < -0.3 is 14.4 Å². The number of likely N-dealkylation sites (tertiary alicyclic amines) is 1. The zero-order valence-corrected chi connectivity index (χ0v) is 19.7. The van der Waals surface area contributed by atoms with Crippen molar-refractivity contribution in [3.63, 3.8) is 0 Å². The van der Waals surface area contributed by atoms with E-state index in [-0.39, 0.29) is 17.3 Å². The van der Waals surface area contributed by atoms with E-state index in [1.807, 2.05) is 30.3 Å². The minimum atomic E-state index is -1.23. The highest BCUT2D eigenvalue weighted by Gasteiger charge is 2.35. The number of ether oxygens (including phenoxy) is 1. The summed E-state index contributed by atoms with van der Waals surface area (Å²) in [5.74, 6) is 0.554. The molecule has 3 aromatic rings. The summed E-state index contributed by atoms with van der Waals surface area (Å²) >= 11 is 6.39. The second-order valence-electron chi connectivity index (χ2n) is 9.17. The molecule has 35 heavy (non-hydrogen) atoms. The van der Waals surface area contributed by atoms with Crippen LogP contribution in [0, 0.1) is 5.82 Å². The Morgan fingerprint density at radius 2 is 1.97 bits per heavy atom. The Morgan fingerprint density at radius 1 is 1.23 bits per heavy atom. The van der Waals surface area contributed by atoms with Crippen molar-refractivity contribution in [2.24, 2.45) is 0 Å². The van der Waals surface area contributed by atoms with Crippen molar-refractivity contribution in [3.05, 3.63) is 76.4 Å². The first-order valence-corrected chi connectivity index (χ1v) is 12.0. The summed E-state index contributed by atoms with van der Waals surface area (Å²) in [7, 11) is 0. The summed E-state index contributed by atoms with van der Waals surface area (Å²) in [6, 6.07) is 12.5. The molecule has 0 radical (unpaired) electrons. The predicted molar refractivity (Wildman–Crippen MR) is 128 cm³/mol. The molecule has 0 bridgehead atoms. The van der Waals surface area contributed by atoms with Gasteiger partial charge in [-0.3, -0.25) is 4.90 Å². The molecular weight excluding hydrogens is 473 g/mol. The summed E-state index contributed by atoms with van der Waals surface area (Å²) in [4.78, 5) is 17.2. The predicted octanol–water partition coefficient (Wildman–Crippen LogP) is 5.93. The van der Waals surface area contributed by atoms with Gasteiger partial charge >= 0.3 is 6.16 Å². The fraction of sp³-hybridized carbons (Fsp3) is 0.346. The van der Waals surface area contributed by atoms with Crippen LogP contribution in [-0.4, -0.2) is 45.5 Å². The van der Waals surface area contributed by atoms with Gasteiger partial charge in [0.15, 0.2) is 0 Å². The van der Waals surface area contributed by atoms with Crippen LogP contribution in [0.1, 0.15) is 42.7 Å². The zero-order chi connectivity index (χ0) is 24.4. The highest BCUT2D eigenvalue weighted by molar-refractivity contribution is 6.31. The fourth-order valence-electron chi connectivity index (χ4n) is 4.96. The minimum absolute atomic E-state index is 0.250. The van der Waals surface area contributed by atoms with Gasteiger partial charge in [-0.1, -0.05) is 66.0 Å². The van der Waals surface area contributed by atoms with Crippen LogP contribution in [0.25, 0.3) is 17.5 Å².